The van der Waals surface area contributed by atoms with Crippen molar-refractivity contribution in [1.82, 2.24) is 0 Å². The van der Waals surface area contributed by atoms with Crippen LogP contribution in [0, 0.1) is 23.2 Å². The summed E-state index contributed by atoms with van der Waals surface area (Å²) in [5.41, 5.74) is -0.630. The first-order valence-electron chi connectivity index (χ1n) is 9.24. The number of aliphatic hydroxyl groups is 3. The SMILES string of the molecule is CCC1=CC(=O)C=CC1(C)C1CC2CCC(C(=O)CO)C2(O)CC1O. The van der Waals surface area contributed by atoms with Crippen LogP contribution in [0.3, 0.4) is 0 Å². The molecule has 6 unspecified atom stereocenters. The molecule has 25 heavy (non-hydrogen) atoms. The lowest BCUT2D eigenvalue weighted by Gasteiger charge is -2.50. The molecule has 3 rings (SSSR count). The lowest BCUT2D eigenvalue weighted by Crippen LogP contribution is -2.55. The van der Waals surface area contributed by atoms with Crippen molar-refractivity contribution in [2.45, 2.75) is 57.7 Å². The molecule has 2 saturated carbocycles. The number of fused-ring (bicyclic) bond motifs is 1. The molecule has 0 spiro atoms. The van der Waals surface area contributed by atoms with Gasteiger partial charge in [-0.15, -0.1) is 0 Å². The van der Waals surface area contributed by atoms with E-state index in [1.807, 2.05) is 13.0 Å². The van der Waals surface area contributed by atoms with Crippen molar-refractivity contribution in [1.29, 1.82) is 0 Å². The Morgan fingerprint density at radius 2 is 2.08 bits per heavy atom. The minimum atomic E-state index is -1.23. The number of Topliss-reactive ketones (excluding diaryl/α,β-unsaturated/α-hetero) is 1. The van der Waals surface area contributed by atoms with E-state index in [0.717, 1.165) is 18.4 Å². The first kappa shape index (κ1) is 18.5. The highest BCUT2D eigenvalue weighted by atomic mass is 16.3. The van der Waals surface area contributed by atoms with E-state index < -0.39 is 29.6 Å². The minimum absolute atomic E-state index is 0.0226. The van der Waals surface area contributed by atoms with Gasteiger partial charge in [0, 0.05) is 17.8 Å². The van der Waals surface area contributed by atoms with Crippen molar-refractivity contribution >= 4 is 11.6 Å². The molecule has 0 radical (unpaired) electrons. The van der Waals surface area contributed by atoms with E-state index in [4.69, 9.17) is 0 Å². The molecule has 5 heteroatoms. The highest BCUT2D eigenvalue weighted by Gasteiger charge is 2.58. The zero-order valence-corrected chi connectivity index (χ0v) is 14.9. The monoisotopic (exact) mass is 348 g/mol. The highest BCUT2D eigenvalue weighted by Crippen LogP contribution is 2.56. The molecular formula is C20H28O5. The summed E-state index contributed by atoms with van der Waals surface area (Å²) in [6.07, 6.45) is 7.15. The lowest BCUT2D eigenvalue weighted by atomic mass is 9.57. The third kappa shape index (κ3) is 2.82. The lowest BCUT2D eigenvalue weighted by molar-refractivity contribution is -0.152. The van der Waals surface area contributed by atoms with Gasteiger partial charge in [0.05, 0.1) is 11.7 Å². The average molecular weight is 348 g/mol. The van der Waals surface area contributed by atoms with Crippen molar-refractivity contribution in [3.8, 4) is 0 Å². The second kappa shape index (κ2) is 6.45. The third-order valence-corrected chi connectivity index (χ3v) is 6.95. The van der Waals surface area contributed by atoms with Crippen LogP contribution in [0.5, 0.6) is 0 Å². The molecule has 0 saturated heterocycles. The van der Waals surface area contributed by atoms with Gasteiger partial charge in [0.25, 0.3) is 0 Å². The Kier molecular flexibility index (Phi) is 4.77. The zero-order chi connectivity index (χ0) is 18.4. The average Bonchev–Trinajstić information content (AvgIpc) is 2.91. The van der Waals surface area contributed by atoms with E-state index in [1.54, 1.807) is 12.2 Å². The van der Waals surface area contributed by atoms with Crippen LogP contribution in [0.15, 0.2) is 23.8 Å². The molecule has 0 heterocycles. The fourth-order valence-corrected chi connectivity index (χ4v) is 5.50. The van der Waals surface area contributed by atoms with E-state index in [0.29, 0.717) is 12.8 Å². The van der Waals surface area contributed by atoms with Crippen LogP contribution in [0.4, 0.5) is 0 Å². The van der Waals surface area contributed by atoms with E-state index >= 15 is 0 Å². The molecule has 0 aliphatic heterocycles. The van der Waals surface area contributed by atoms with Gasteiger partial charge in [0.2, 0.25) is 0 Å². The van der Waals surface area contributed by atoms with Gasteiger partial charge in [-0.2, -0.15) is 0 Å². The van der Waals surface area contributed by atoms with Gasteiger partial charge in [-0.3, -0.25) is 9.59 Å². The van der Waals surface area contributed by atoms with Gasteiger partial charge in [-0.1, -0.05) is 25.5 Å². The number of carbonyl (C=O) groups is 2. The van der Waals surface area contributed by atoms with Crippen molar-refractivity contribution in [3.05, 3.63) is 23.8 Å². The summed E-state index contributed by atoms with van der Waals surface area (Å²) in [5.74, 6) is -1.11. The fourth-order valence-electron chi connectivity index (χ4n) is 5.50. The minimum Gasteiger partial charge on any atom is -0.393 e. The molecule has 138 valence electrons. The number of hydrogen-bond acceptors (Lipinski definition) is 5. The normalized spacial score (nSPS) is 43.7. The molecule has 5 nitrogen and oxygen atoms in total. The molecule has 3 aliphatic carbocycles. The van der Waals surface area contributed by atoms with E-state index in [1.165, 1.54) is 0 Å². The zero-order valence-electron chi connectivity index (χ0n) is 14.9. The number of allylic oxidation sites excluding steroid dienone is 4. The molecule has 3 N–H and O–H groups in total. The second-order valence-electron chi connectivity index (χ2n) is 8.10. The fraction of sp³-hybridized carbons (Fsp3) is 0.700. The number of hydrogen-bond donors (Lipinski definition) is 3. The first-order valence-corrected chi connectivity index (χ1v) is 9.24. The van der Waals surface area contributed by atoms with Crippen LogP contribution < -0.4 is 0 Å². The summed E-state index contributed by atoms with van der Waals surface area (Å²) >= 11 is 0. The molecular weight excluding hydrogens is 320 g/mol. The van der Waals surface area contributed by atoms with Crippen LogP contribution in [0.1, 0.15) is 46.0 Å². The van der Waals surface area contributed by atoms with E-state index in [-0.39, 0.29) is 29.8 Å². The Morgan fingerprint density at radius 1 is 1.36 bits per heavy atom. The van der Waals surface area contributed by atoms with Crippen molar-refractivity contribution in [2.75, 3.05) is 6.61 Å². The van der Waals surface area contributed by atoms with Gasteiger partial charge < -0.3 is 15.3 Å². The molecule has 0 aromatic heterocycles. The highest BCUT2D eigenvalue weighted by molar-refractivity contribution is 6.01. The molecule has 6 atom stereocenters. The van der Waals surface area contributed by atoms with Gasteiger partial charge in [-0.25, -0.2) is 0 Å². The quantitative estimate of drug-likeness (QED) is 0.717. The Hall–Kier alpha value is -1.30. The predicted octanol–water partition coefficient (Wildman–Crippen LogP) is 1.56. The largest absolute Gasteiger partial charge is 0.393 e. The summed E-state index contributed by atoms with van der Waals surface area (Å²) in [6.45, 7) is 3.49. The maximum absolute atomic E-state index is 12.0. The van der Waals surface area contributed by atoms with Gasteiger partial charge in [0.15, 0.2) is 11.6 Å². The maximum atomic E-state index is 12.0. The summed E-state index contributed by atoms with van der Waals surface area (Å²) < 4.78 is 0. The summed E-state index contributed by atoms with van der Waals surface area (Å²) in [7, 11) is 0. The molecule has 0 aromatic rings. The van der Waals surface area contributed by atoms with Crippen molar-refractivity contribution < 1.29 is 24.9 Å². The third-order valence-electron chi connectivity index (χ3n) is 6.95. The van der Waals surface area contributed by atoms with Gasteiger partial charge in [-0.05, 0) is 49.7 Å². The summed E-state index contributed by atoms with van der Waals surface area (Å²) in [5, 5.41) is 31.2. The molecule has 0 aromatic carbocycles. The number of rotatable bonds is 4. The first-order chi connectivity index (χ1) is 11.8. The molecule has 3 aliphatic rings. The Balaban J connectivity index is 1.89. The standard InChI is InChI=1S/C20H28O5/c1-3-12-8-14(22)6-7-19(12,2)16-9-13-4-5-15(18(24)11-21)20(13,25)10-17(16)23/h6-8,13,15-17,21,23,25H,3-5,9-11H2,1-2H3. The second-order valence-corrected chi connectivity index (χ2v) is 8.10. The molecule has 2 fully saturated rings. The maximum Gasteiger partial charge on any atom is 0.178 e. The topological polar surface area (TPSA) is 94.8 Å². The van der Waals surface area contributed by atoms with Gasteiger partial charge in [0.1, 0.15) is 6.61 Å². The number of ketones is 2. The molecule has 0 bridgehead atoms. The van der Waals surface area contributed by atoms with Crippen LogP contribution in [0.2, 0.25) is 0 Å². The van der Waals surface area contributed by atoms with Crippen LogP contribution in [0.25, 0.3) is 0 Å². The van der Waals surface area contributed by atoms with Crippen LogP contribution in [-0.4, -0.2) is 45.2 Å². The number of carbonyl (C=O) groups excluding carboxylic acids is 2. The summed E-state index contributed by atoms with van der Waals surface area (Å²) in [6, 6.07) is 0. The number of aliphatic hydroxyl groups excluding tert-OH is 2. The van der Waals surface area contributed by atoms with Gasteiger partial charge >= 0.3 is 0 Å². The Labute approximate surface area is 148 Å². The molecule has 0 amide bonds. The van der Waals surface area contributed by atoms with Crippen LogP contribution in [-0.2, 0) is 9.59 Å². The predicted molar refractivity (Wildman–Crippen MR) is 92.6 cm³/mol. The van der Waals surface area contributed by atoms with Crippen LogP contribution >= 0.6 is 0 Å². The smallest absolute Gasteiger partial charge is 0.178 e. The summed E-state index contributed by atoms with van der Waals surface area (Å²) in [4.78, 5) is 23.8. The van der Waals surface area contributed by atoms with Crippen molar-refractivity contribution in [2.24, 2.45) is 23.2 Å². The van der Waals surface area contributed by atoms with Crippen molar-refractivity contribution in [3.63, 3.8) is 0 Å². The Bertz CT molecular complexity index is 636. The Morgan fingerprint density at radius 3 is 2.72 bits per heavy atom. The van der Waals surface area contributed by atoms with E-state index in [9.17, 15) is 24.9 Å². The van der Waals surface area contributed by atoms with E-state index in [2.05, 4.69) is 6.92 Å².